The number of carbonyl (C=O) groups excluding carboxylic acids is 2. The predicted octanol–water partition coefficient (Wildman–Crippen LogP) is 5.57. The van der Waals surface area contributed by atoms with E-state index in [0.29, 0.717) is 24.5 Å². The summed E-state index contributed by atoms with van der Waals surface area (Å²) in [6.45, 7) is 4.40. The van der Waals surface area contributed by atoms with E-state index < -0.39 is 0 Å². The molecule has 0 fully saturated rings. The van der Waals surface area contributed by atoms with Crippen molar-refractivity contribution in [3.05, 3.63) is 69.9 Å². The van der Waals surface area contributed by atoms with E-state index in [4.69, 9.17) is 16.3 Å². The second-order valence-corrected chi connectivity index (χ2v) is 7.93. The van der Waals surface area contributed by atoms with Crippen molar-refractivity contribution in [3.8, 4) is 5.75 Å². The topological polar surface area (TPSA) is 46.6 Å². The number of ketones is 1. The van der Waals surface area contributed by atoms with E-state index in [1.807, 2.05) is 56.3 Å². The Morgan fingerprint density at radius 3 is 2.69 bits per heavy atom. The molecule has 0 saturated heterocycles. The van der Waals surface area contributed by atoms with E-state index in [0.717, 1.165) is 40.3 Å². The molecule has 4 nitrogen and oxygen atoms in total. The first-order chi connectivity index (χ1) is 14.0. The lowest BCUT2D eigenvalue weighted by molar-refractivity contribution is -0.119. The van der Waals surface area contributed by atoms with Crippen LogP contribution < -0.4 is 9.64 Å². The zero-order chi connectivity index (χ0) is 20.5. The van der Waals surface area contributed by atoms with Crippen LogP contribution in [-0.2, 0) is 9.59 Å². The summed E-state index contributed by atoms with van der Waals surface area (Å²) in [5.74, 6) is 0.572. The van der Waals surface area contributed by atoms with Gasteiger partial charge in [-0.15, -0.1) is 0 Å². The fraction of sp³-hybridized carbons (Fsp3) is 0.333. The van der Waals surface area contributed by atoms with Gasteiger partial charge in [-0.05, 0) is 50.5 Å². The smallest absolute Gasteiger partial charge is 0.232 e. The molecule has 0 N–H and O–H groups in total. The number of Topliss-reactive ketones (excluding diaryl/α,β-unsaturated/α-hetero) is 1. The van der Waals surface area contributed by atoms with E-state index in [-0.39, 0.29) is 24.0 Å². The number of halogens is 1. The normalized spacial score (nSPS) is 19.4. The minimum atomic E-state index is -0.273. The lowest BCUT2D eigenvalue weighted by atomic mass is 9.77. The SMILES string of the molecule is CCOc1ccccc1C1CC(=O)N(c2ccc(C)c(Cl)c2)C2=C1C(=O)CCC2. The van der Waals surface area contributed by atoms with Crippen molar-refractivity contribution in [1.29, 1.82) is 0 Å². The van der Waals surface area contributed by atoms with Crippen molar-refractivity contribution in [1.82, 2.24) is 0 Å². The molecule has 2 aromatic carbocycles. The highest BCUT2D eigenvalue weighted by Gasteiger charge is 2.40. The number of hydrogen-bond donors (Lipinski definition) is 0. The van der Waals surface area contributed by atoms with Crippen molar-refractivity contribution >= 4 is 29.0 Å². The second kappa shape index (κ2) is 8.03. The first-order valence-electron chi connectivity index (χ1n) is 10.1. The molecule has 29 heavy (non-hydrogen) atoms. The van der Waals surface area contributed by atoms with Crippen LogP contribution in [0, 0.1) is 6.92 Å². The van der Waals surface area contributed by atoms with E-state index in [1.54, 1.807) is 4.90 Å². The minimum Gasteiger partial charge on any atom is -0.494 e. The number of hydrogen-bond acceptors (Lipinski definition) is 3. The molecule has 0 radical (unpaired) electrons. The predicted molar refractivity (Wildman–Crippen MR) is 115 cm³/mol. The molecule has 1 aliphatic heterocycles. The van der Waals surface area contributed by atoms with Gasteiger partial charge in [0.25, 0.3) is 0 Å². The summed E-state index contributed by atoms with van der Waals surface area (Å²) >= 11 is 6.33. The second-order valence-electron chi connectivity index (χ2n) is 7.53. The number of amides is 1. The number of carbonyl (C=O) groups is 2. The number of para-hydroxylation sites is 1. The number of aryl methyl sites for hydroxylation is 1. The maximum atomic E-state index is 13.3. The van der Waals surface area contributed by atoms with Crippen LogP contribution in [0.2, 0.25) is 5.02 Å². The zero-order valence-corrected chi connectivity index (χ0v) is 17.5. The van der Waals surface area contributed by atoms with Crippen LogP contribution in [0.4, 0.5) is 5.69 Å². The molecule has 1 unspecified atom stereocenters. The molecule has 1 amide bonds. The first-order valence-corrected chi connectivity index (χ1v) is 10.5. The van der Waals surface area contributed by atoms with Crippen molar-refractivity contribution in [2.24, 2.45) is 0 Å². The summed E-state index contributed by atoms with van der Waals surface area (Å²) in [5.41, 5.74) is 4.15. The van der Waals surface area contributed by atoms with Crippen molar-refractivity contribution in [2.45, 2.75) is 45.4 Å². The number of anilines is 1. The number of allylic oxidation sites excluding steroid dienone is 2. The van der Waals surface area contributed by atoms with Gasteiger partial charge in [-0.1, -0.05) is 35.9 Å². The lowest BCUT2D eigenvalue weighted by Gasteiger charge is -2.38. The molecule has 1 aliphatic carbocycles. The van der Waals surface area contributed by atoms with Gasteiger partial charge in [0.1, 0.15) is 5.75 Å². The van der Waals surface area contributed by atoms with Crippen LogP contribution >= 0.6 is 11.6 Å². The minimum absolute atomic E-state index is 0.0188. The average molecular weight is 410 g/mol. The third-order valence-electron chi connectivity index (χ3n) is 5.68. The summed E-state index contributed by atoms with van der Waals surface area (Å²) in [4.78, 5) is 28.0. The first kappa shape index (κ1) is 19.7. The van der Waals surface area contributed by atoms with Crippen LogP contribution in [-0.4, -0.2) is 18.3 Å². The molecule has 0 saturated carbocycles. The van der Waals surface area contributed by atoms with Crippen molar-refractivity contribution in [2.75, 3.05) is 11.5 Å². The molecule has 2 aromatic rings. The standard InChI is InChI=1S/C24H24ClNO3/c1-3-29-22-10-5-4-7-17(22)18-14-23(28)26(16-12-11-15(2)19(25)13-16)20-8-6-9-21(27)24(18)20/h4-5,7,10-13,18H,3,6,8-9,14H2,1-2H3. The highest BCUT2D eigenvalue weighted by molar-refractivity contribution is 6.31. The molecule has 2 aliphatic rings. The van der Waals surface area contributed by atoms with Gasteiger partial charge >= 0.3 is 0 Å². The van der Waals surface area contributed by atoms with E-state index in [1.165, 1.54) is 0 Å². The molecule has 5 heteroatoms. The third kappa shape index (κ3) is 3.58. The number of rotatable bonds is 4. The Morgan fingerprint density at radius 1 is 1.14 bits per heavy atom. The summed E-state index contributed by atoms with van der Waals surface area (Å²) in [6.07, 6.45) is 2.20. The van der Waals surface area contributed by atoms with Crippen molar-refractivity contribution in [3.63, 3.8) is 0 Å². The van der Waals surface area contributed by atoms with Crippen molar-refractivity contribution < 1.29 is 14.3 Å². The average Bonchev–Trinajstić information content (AvgIpc) is 2.70. The van der Waals surface area contributed by atoms with Gasteiger partial charge in [0.05, 0.1) is 12.3 Å². The molecular formula is C24H24ClNO3. The van der Waals surface area contributed by atoms with Gasteiger partial charge in [-0.25, -0.2) is 0 Å². The molecule has 0 bridgehead atoms. The zero-order valence-electron chi connectivity index (χ0n) is 16.7. The molecule has 150 valence electrons. The number of benzene rings is 2. The monoisotopic (exact) mass is 409 g/mol. The summed E-state index contributed by atoms with van der Waals surface area (Å²) in [7, 11) is 0. The quantitative estimate of drug-likeness (QED) is 0.662. The third-order valence-corrected chi connectivity index (χ3v) is 6.09. The van der Waals surface area contributed by atoms with Crippen LogP contribution in [0.25, 0.3) is 0 Å². The van der Waals surface area contributed by atoms with Gasteiger partial charge in [0.2, 0.25) is 5.91 Å². The Hall–Kier alpha value is -2.59. The lowest BCUT2D eigenvalue weighted by Crippen LogP contribution is -2.40. The largest absolute Gasteiger partial charge is 0.494 e. The molecular weight excluding hydrogens is 386 g/mol. The number of ether oxygens (including phenoxy) is 1. The van der Waals surface area contributed by atoms with Crippen LogP contribution in [0.1, 0.15) is 49.7 Å². The van der Waals surface area contributed by atoms with Gasteiger partial charge < -0.3 is 4.74 Å². The summed E-state index contributed by atoms with van der Waals surface area (Å²) < 4.78 is 5.80. The highest BCUT2D eigenvalue weighted by Crippen LogP contribution is 2.45. The van der Waals surface area contributed by atoms with Crippen LogP contribution in [0.15, 0.2) is 53.7 Å². The Bertz CT molecular complexity index is 1010. The Balaban J connectivity index is 1.86. The van der Waals surface area contributed by atoms with Crippen LogP contribution in [0.3, 0.4) is 0 Å². The fourth-order valence-corrected chi connectivity index (χ4v) is 4.51. The Morgan fingerprint density at radius 2 is 1.93 bits per heavy atom. The van der Waals surface area contributed by atoms with Gasteiger partial charge in [-0.2, -0.15) is 0 Å². The van der Waals surface area contributed by atoms with E-state index >= 15 is 0 Å². The Kier molecular flexibility index (Phi) is 5.46. The van der Waals surface area contributed by atoms with E-state index in [2.05, 4.69) is 0 Å². The summed E-state index contributed by atoms with van der Waals surface area (Å²) in [6, 6.07) is 13.3. The van der Waals surface area contributed by atoms with Gasteiger partial charge in [0.15, 0.2) is 5.78 Å². The number of nitrogens with zero attached hydrogens (tertiary/aromatic N) is 1. The molecule has 1 heterocycles. The van der Waals surface area contributed by atoms with Crippen LogP contribution in [0.5, 0.6) is 5.75 Å². The summed E-state index contributed by atoms with van der Waals surface area (Å²) in [5, 5.41) is 0.614. The molecule has 0 aromatic heterocycles. The van der Waals surface area contributed by atoms with Gasteiger partial charge in [-0.3, -0.25) is 14.5 Å². The molecule has 1 atom stereocenters. The fourth-order valence-electron chi connectivity index (χ4n) is 4.33. The highest BCUT2D eigenvalue weighted by atomic mass is 35.5. The maximum Gasteiger partial charge on any atom is 0.232 e. The maximum absolute atomic E-state index is 13.3. The van der Waals surface area contributed by atoms with Gasteiger partial charge in [0, 0.05) is 40.6 Å². The van der Waals surface area contributed by atoms with E-state index in [9.17, 15) is 9.59 Å². The Labute approximate surface area is 176 Å². The molecule has 4 rings (SSSR count). The molecule has 0 spiro atoms.